The molecule has 0 saturated carbocycles. The second-order valence-electron chi connectivity index (χ2n) is 5.81. The van der Waals surface area contributed by atoms with Crippen LogP contribution in [0, 0.1) is 0 Å². The van der Waals surface area contributed by atoms with Crippen molar-refractivity contribution in [3.63, 3.8) is 0 Å². The van der Waals surface area contributed by atoms with E-state index in [1.54, 1.807) is 14.1 Å². The average Bonchev–Trinajstić information content (AvgIpc) is 2.44. The van der Waals surface area contributed by atoms with Crippen molar-refractivity contribution in [3.8, 4) is 0 Å². The first kappa shape index (κ1) is 16.4. The largest absolute Gasteiger partial charge is 0.474 e. The zero-order chi connectivity index (χ0) is 14.8. The number of likely N-dealkylation sites (N-methyl/N-ethyl adjacent to an activating group) is 2. The van der Waals surface area contributed by atoms with Gasteiger partial charge in [-0.25, -0.2) is 4.57 Å². The molecule has 1 saturated heterocycles. The molecule has 0 aliphatic carbocycles. The van der Waals surface area contributed by atoms with Crippen LogP contribution in [0.1, 0.15) is 20.8 Å². The number of rotatable bonds is 4. The minimum absolute atomic E-state index is 0.606. The fourth-order valence-electron chi connectivity index (χ4n) is 1.66. The Bertz CT molecular complexity index is 380. The Balaban J connectivity index is 3.04. The van der Waals surface area contributed by atoms with Gasteiger partial charge in [0.2, 0.25) is 5.96 Å². The SMILES string of the molecule is CN(C)OP(=O)(N=C1N(C)CCN1C)OC(C)(C)C. The van der Waals surface area contributed by atoms with Gasteiger partial charge in [0, 0.05) is 41.3 Å². The molecule has 19 heavy (non-hydrogen) atoms. The molecule has 1 atom stereocenters. The van der Waals surface area contributed by atoms with Gasteiger partial charge in [0.05, 0.1) is 5.60 Å². The Labute approximate surface area is 115 Å². The molecular weight excluding hydrogens is 267 g/mol. The van der Waals surface area contributed by atoms with E-state index < -0.39 is 13.3 Å². The molecule has 1 fully saturated rings. The number of nitrogens with zero attached hydrogens (tertiary/aromatic N) is 4. The van der Waals surface area contributed by atoms with Gasteiger partial charge in [-0.1, -0.05) is 0 Å². The third-order valence-electron chi connectivity index (χ3n) is 2.32. The maximum atomic E-state index is 12.8. The number of hydroxylamine groups is 2. The first-order valence-corrected chi connectivity index (χ1v) is 7.72. The summed E-state index contributed by atoms with van der Waals surface area (Å²) in [6.07, 6.45) is 0. The van der Waals surface area contributed by atoms with Crippen molar-refractivity contribution in [2.24, 2.45) is 4.76 Å². The summed E-state index contributed by atoms with van der Waals surface area (Å²) in [4.78, 5) is 3.86. The Morgan fingerprint density at radius 3 is 2.05 bits per heavy atom. The van der Waals surface area contributed by atoms with Crippen LogP contribution >= 0.6 is 7.75 Å². The monoisotopic (exact) mass is 292 g/mol. The van der Waals surface area contributed by atoms with Gasteiger partial charge < -0.3 is 9.80 Å². The molecule has 8 heteroatoms. The van der Waals surface area contributed by atoms with Crippen molar-refractivity contribution in [1.29, 1.82) is 0 Å². The average molecular weight is 292 g/mol. The third kappa shape index (κ3) is 5.10. The highest BCUT2D eigenvalue weighted by molar-refractivity contribution is 7.52. The van der Waals surface area contributed by atoms with E-state index in [4.69, 9.17) is 9.15 Å². The topological polar surface area (TPSA) is 57.6 Å². The molecule has 0 amide bonds. The van der Waals surface area contributed by atoms with Gasteiger partial charge in [0.15, 0.2) is 0 Å². The normalized spacial score (nSPS) is 20.1. The lowest BCUT2D eigenvalue weighted by molar-refractivity contribution is -0.0369. The van der Waals surface area contributed by atoms with E-state index in [2.05, 4.69) is 4.76 Å². The number of hydrogen-bond acceptors (Lipinski definition) is 4. The third-order valence-corrected chi connectivity index (χ3v) is 4.06. The standard InChI is InChI=1S/C11H25N4O3P/c1-11(2,3)17-19(16,18-13(4)5)12-10-14(6)8-9-15(10)7/h8-9H2,1-7H3. The summed E-state index contributed by atoms with van der Waals surface area (Å²) in [6, 6.07) is 0. The van der Waals surface area contributed by atoms with Gasteiger partial charge in [-0.2, -0.15) is 9.69 Å². The minimum Gasteiger partial charge on any atom is -0.344 e. The summed E-state index contributed by atoms with van der Waals surface area (Å²) in [5, 5.41) is 1.35. The first-order valence-electron chi connectivity index (χ1n) is 6.23. The summed E-state index contributed by atoms with van der Waals surface area (Å²) in [7, 11) is 3.52. The maximum absolute atomic E-state index is 12.8. The van der Waals surface area contributed by atoms with Crippen LogP contribution in [-0.4, -0.2) is 67.7 Å². The van der Waals surface area contributed by atoms with E-state index in [-0.39, 0.29) is 0 Å². The van der Waals surface area contributed by atoms with Gasteiger partial charge in [0.1, 0.15) is 0 Å². The fourth-order valence-corrected chi connectivity index (χ4v) is 3.40. The molecule has 1 heterocycles. The molecule has 1 aliphatic rings. The number of hydrogen-bond donors (Lipinski definition) is 0. The van der Waals surface area contributed by atoms with Crippen molar-refractivity contribution in [1.82, 2.24) is 14.9 Å². The maximum Gasteiger partial charge on any atom is 0.474 e. The van der Waals surface area contributed by atoms with Crippen molar-refractivity contribution in [2.75, 3.05) is 41.3 Å². The molecular formula is C11H25N4O3P. The quantitative estimate of drug-likeness (QED) is 0.580. The summed E-state index contributed by atoms with van der Waals surface area (Å²) in [5.41, 5.74) is -0.606. The minimum atomic E-state index is -3.59. The van der Waals surface area contributed by atoms with Crippen LogP contribution in [0.5, 0.6) is 0 Å². The Kier molecular flexibility index (Phi) is 5.01. The highest BCUT2D eigenvalue weighted by atomic mass is 31.2. The Morgan fingerprint density at radius 1 is 1.21 bits per heavy atom. The van der Waals surface area contributed by atoms with Crippen LogP contribution in [-0.2, 0) is 13.7 Å². The lowest BCUT2D eigenvalue weighted by atomic mass is 10.2. The lowest BCUT2D eigenvalue weighted by Gasteiger charge is -2.27. The van der Waals surface area contributed by atoms with Crippen molar-refractivity contribution in [3.05, 3.63) is 0 Å². The van der Waals surface area contributed by atoms with Crippen LogP contribution in [0.2, 0.25) is 0 Å². The van der Waals surface area contributed by atoms with Crippen LogP contribution in [0.4, 0.5) is 0 Å². The highest BCUT2D eigenvalue weighted by Crippen LogP contribution is 2.53. The number of guanidine groups is 1. The van der Waals surface area contributed by atoms with Gasteiger partial charge in [-0.15, -0.1) is 4.76 Å². The molecule has 0 aromatic rings. The first-order chi connectivity index (χ1) is 8.52. The molecule has 0 N–H and O–H groups in total. The fraction of sp³-hybridized carbons (Fsp3) is 0.909. The van der Waals surface area contributed by atoms with E-state index in [0.717, 1.165) is 13.1 Å². The molecule has 1 rings (SSSR count). The molecule has 112 valence electrons. The molecule has 7 nitrogen and oxygen atoms in total. The summed E-state index contributed by atoms with van der Waals surface area (Å²) in [5.74, 6) is 0.620. The van der Waals surface area contributed by atoms with Gasteiger partial charge >= 0.3 is 7.75 Å². The van der Waals surface area contributed by atoms with Gasteiger partial charge in [-0.05, 0) is 20.8 Å². The highest BCUT2D eigenvalue weighted by Gasteiger charge is 2.35. The van der Waals surface area contributed by atoms with Crippen LogP contribution in [0.25, 0.3) is 0 Å². The predicted molar refractivity (Wildman–Crippen MR) is 75.9 cm³/mol. The summed E-state index contributed by atoms with van der Waals surface area (Å²) >= 11 is 0. The van der Waals surface area contributed by atoms with Crippen LogP contribution in [0.3, 0.4) is 0 Å². The molecule has 0 aromatic heterocycles. The summed E-state index contributed by atoms with van der Waals surface area (Å²) in [6.45, 7) is 7.14. The predicted octanol–water partition coefficient (Wildman–Crippen LogP) is 1.64. The second kappa shape index (κ2) is 5.79. The molecule has 1 aliphatic heterocycles. The van der Waals surface area contributed by atoms with E-state index in [9.17, 15) is 4.57 Å². The van der Waals surface area contributed by atoms with Crippen LogP contribution < -0.4 is 0 Å². The van der Waals surface area contributed by atoms with E-state index in [1.807, 2.05) is 44.7 Å². The van der Waals surface area contributed by atoms with Crippen molar-refractivity contribution in [2.45, 2.75) is 26.4 Å². The molecule has 0 radical (unpaired) electrons. The Morgan fingerprint density at radius 2 is 1.68 bits per heavy atom. The lowest BCUT2D eigenvalue weighted by Crippen LogP contribution is -2.29. The molecule has 0 bridgehead atoms. The van der Waals surface area contributed by atoms with E-state index in [0.29, 0.717) is 5.96 Å². The van der Waals surface area contributed by atoms with Crippen molar-refractivity contribution >= 4 is 13.7 Å². The van der Waals surface area contributed by atoms with E-state index in [1.165, 1.54) is 5.06 Å². The van der Waals surface area contributed by atoms with Gasteiger partial charge in [0.25, 0.3) is 0 Å². The van der Waals surface area contributed by atoms with E-state index >= 15 is 0 Å². The summed E-state index contributed by atoms with van der Waals surface area (Å²) < 4.78 is 27.8. The zero-order valence-corrected chi connectivity index (χ0v) is 13.8. The van der Waals surface area contributed by atoms with Crippen molar-refractivity contribution < 1.29 is 13.7 Å². The second-order valence-corrected chi connectivity index (χ2v) is 7.29. The molecule has 1 unspecified atom stereocenters. The zero-order valence-electron chi connectivity index (χ0n) is 12.9. The smallest absolute Gasteiger partial charge is 0.344 e. The Hall–Kier alpha value is -0.620. The van der Waals surface area contributed by atoms with Gasteiger partial charge in [-0.3, -0.25) is 4.52 Å². The molecule has 0 spiro atoms. The van der Waals surface area contributed by atoms with Crippen LogP contribution in [0.15, 0.2) is 4.76 Å². The molecule has 0 aromatic carbocycles.